The predicted molar refractivity (Wildman–Crippen MR) is 137 cm³/mol. The molecule has 1 saturated carbocycles. The van der Waals surface area contributed by atoms with Crippen LogP contribution >= 0.6 is 0 Å². The van der Waals surface area contributed by atoms with E-state index in [1.54, 1.807) is 31.8 Å². The molecule has 208 valence electrons. The number of carboxylic acids is 2. The van der Waals surface area contributed by atoms with Crippen molar-refractivity contribution >= 4 is 23.9 Å². The van der Waals surface area contributed by atoms with Gasteiger partial charge in [0.15, 0.2) is 23.7 Å². The van der Waals surface area contributed by atoms with Gasteiger partial charge in [-0.2, -0.15) is 0 Å². The Morgan fingerprint density at radius 1 is 1.11 bits per heavy atom. The first kappa shape index (κ1) is 30.3. The first-order valence-electron chi connectivity index (χ1n) is 12.2. The van der Waals surface area contributed by atoms with Crippen molar-refractivity contribution in [3.8, 4) is 11.5 Å². The Bertz CT molecular complexity index is 1050. The van der Waals surface area contributed by atoms with Gasteiger partial charge in [0, 0.05) is 24.5 Å². The number of imidazole rings is 1. The number of hydrogen-bond donors (Lipinski definition) is 5. The highest BCUT2D eigenvalue weighted by atomic mass is 16.5. The fourth-order valence-corrected chi connectivity index (χ4v) is 3.68. The van der Waals surface area contributed by atoms with Crippen molar-refractivity contribution < 1.29 is 44.3 Å². The molecule has 1 aliphatic carbocycles. The smallest absolute Gasteiger partial charge is 0.335 e. The maximum absolute atomic E-state index is 12.2. The Balaban J connectivity index is 0.000000432. The molecule has 1 aromatic carbocycles. The van der Waals surface area contributed by atoms with E-state index in [1.165, 1.54) is 12.8 Å². The molecule has 1 aliphatic rings. The number of aromatic nitrogens is 2. The normalized spacial score (nSPS) is 18.5. The second-order valence-electron chi connectivity index (χ2n) is 8.92. The first-order valence-corrected chi connectivity index (χ1v) is 12.2. The van der Waals surface area contributed by atoms with Gasteiger partial charge >= 0.3 is 11.9 Å². The lowest BCUT2D eigenvalue weighted by atomic mass is 9.87. The number of rotatable bonds is 11. The number of nitrogens with zero attached hydrogens (tertiary/aromatic N) is 2. The number of carbonyl (C=O) groups excluding carboxylic acids is 1. The molecule has 2 unspecified atom stereocenters. The number of benzene rings is 1. The van der Waals surface area contributed by atoms with Crippen LogP contribution in [0, 0.1) is 5.92 Å². The van der Waals surface area contributed by atoms with Crippen molar-refractivity contribution in [1.82, 2.24) is 14.9 Å². The quantitative estimate of drug-likeness (QED) is 0.266. The summed E-state index contributed by atoms with van der Waals surface area (Å²) in [5, 5.41) is 35.6. The molecule has 0 radical (unpaired) electrons. The minimum absolute atomic E-state index is 0.0424. The Hall–Kier alpha value is -3.90. The number of aliphatic hydroxyl groups is 2. The molecular formula is C26H35N3O9. The van der Waals surface area contributed by atoms with Gasteiger partial charge in [-0.25, -0.2) is 14.6 Å². The number of aliphatic hydroxyl groups excluding tert-OH is 2. The zero-order valence-electron chi connectivity index (χ0n) is 21.4. The van der Waals surface area contributed by atoms with Gasteiger partial charge in [0.1, 0.15) is 6.61 Å². The maximum atomic E-state index is 12.2. The Morgan fingerprint density at radius 3 is 2.32 bits per heavy atom. The summed E-state index contributed by atoms with van der Waals surface area (Å²) in [6.45, 7) is 3.51. The van der Waals surface area contributed by atoms with Crippen LogP contribution in [0.25, 0.3) is 6.08 Å². The van der Waals surface area contributed by atoms with Gasteiger partial charge in [-0.15, -0.1) is 0 Å². The van der Waals surface area contributed by atoms with Gasteiger partial charge in [0.05, 0.1) is 20.0 Å². The van der Waals surface area contributed by atoms with E-state index < -0.39 is 24.1 Å². The van der Waals surface area contributed by atoms with E-state index in [1.807, 2.05) is 29.0 Å². The highest BCUT2D eigenvalue weighted by molar-refractivity contribution is 5.92. The lowest BCUT2D eigenvalue weighted by molar-refractivity contribution is -0.165. The van der Waals surface area contributed by atoms with E-state index in [-0.39, 0.29) is 5.91 Å². The van der Waals surface area contributed by atoms with Crippen molar-refractivity contribution in [3.63, 3.8) is 0 Å². The summed E-state index contributed by atoms with van der Waals surface area (Å²) in [6, 6.07) is 5.96. The van der Waals surface area contributed by atoms with Crippen LogP contribution in [0.4, 0.5) is 0 Å². The van der Waals surface area contributed by atoms with Crippen molar-refractivity contribution in [2.45, 2.75) is 57.4 Å². The van der Waals surface area contributed by atoms with Gasteiger partial charge in [-0.1, -0.05) is 13.0 Å². The second-order valence-corrected chi connectivity index (χ2v) is 8.92. The van der Waals surface area contributed by atoms with Crippen molar-refractivity contribution in [2.75, 3.05) is 13.7 Å². The number of aliphatic carboxylic acids is 2. The van der Waals surface area contributed by atoms with Crippen LogP contribution in [0.15, 0.2) is 43.0 Å². The summed E-state index contributed by atoms with van der Waals surface area (Å²) in [4.78, 5) is 35.7. The zero-order valence-corrected chi connectivity index (χ0v) is 21.4. The SMILES string of the molecule is COc1cc(C=CC(=O)NC2CCC(C)CC2)ccc1OCCn1ccnc1.O=C(O)C(O)C(O)C(=O)O. The molecule has 5 N–H and O–H groups in total. The van der Waals surface area contributed by atoms with E-state index in [0.717, 1.165) is 24.3 Å². The molecule has 1 heterocycles. The number of nitrogens with one attached hydrogen (secondary N) is 1. The van der Waals surface area contributed by atoms with Crippen LogP contribution in [-0.2, 0) is 20.9 Å². The average Bonchev–Trinajstić information content (AvgIpc) is 3.42. The molecule has 0 spiro atoms. The third kappa shape index (κ3) is 10.2. The van der Waals surface area contributed by atoms with Crippen LogP contribution in [0.1, 0.15) is 38.2 Å². The van der Waals surface area contributed by atoms with E-state index in [4.69, 9.17) is 29.9 Å². The molecule has 0 aliphatic heterocycles. The molecule has 2 aromatic rings. The van der Waals surface area contributed by atoms with E-state index in [9.17, 15) is 14.4 Å². The zero-order chi connectivity index (χ0) is 28.1. The number of carbonyl (C=O) groups is 3. The lowest BCUT2D eigenvalue weighted by Gasteiger charge is -2.26. The van der Waals surface area contributed by atoms with Crippen molar-refractivity contribution in [1.29, 1.82) is 0 Å². The molecule has 38 heavy (non-hydrogen) atoms. The molecule has 12 nitrogen and oxygen atoms in total. The monoisotopic (exact) mass is 533 g/mol. The standard InChI is InChI=1S/C22H29N3O3.C4H6O6/c1-17-3-7-19(8-4-17)24-22(26)10-6-18-5-9-20(21(15-18)27-2)28-14-13-25-12-11-23-16-25;5-1(3(7)8)2(6)4(9)10/h5-6,9-12,15-17,19H,3-4,7-8,13-14H2,1-2H3,(H,24,26);1-2,5-6H,(H,7,8)(H,9,10). The molecule has 0 bridgehead atoms. The summed E-state index contributed by atoms with van der Waals surface area (Å²) < 4.78 is 13.2. The van der Waals surface area contributed by atoms with Gasteiger partial charge in [0.25, 0.3) is 0 Å². The lowest BCUT2D eigenvalue weighted by Crippen LogP contribution is -2.39. The van der Waals surface area contributed by atoms with E-state index >= 15 is 0 Å². The predicted octanol–water partition coefficient (Wildman–Crippen LogP) is 1.56. The number of amides is 1. The molecule has 1 aromatic heterocycles. The summed E-state index contributed by atoms with van der Waals surface area (Å²) in [6.07, 6.45) is 8.77. The molecule has 1 amide bonds. The second kappa shape index (κ2) is 15.4. The minimum Gasteiger partial charge on any atom is -0.493 e. The minimum atomic E-state index is -2.27. The fraction of sp³-hybridized carbons (Fsp3) is 0.462. The summed E-state index contributed by atoms with van der Waals surface area (Å²) in [7, 11) is 1.61. The van der Waals surface area contributed by atoms with Gasteiger partial charge in [-0.05, 0) is 55.4 Å². The van der Waals surface area contributed by atoms with Gasteiger partial charge < -0.3 is 39.8 Å². The maximum Gasteiger partial charge on any atom is 0.335 e. The van der Waals surface area contributed by atoms with Crippen LogP contribution in [0.2, 0.25) is 0 Å². The third-order valence-electron chi connectivity index (χ3n) is 5.95. The molecule has 0 saturated heterocycles. The van der Waals surface area contributed by atoms with Gasteiger partial charge in [0.2, 0.25) is 5.91 Å². The first-order chi connectivity index (χ1) is 18.1. The van der Waals surface area contributed by atoms with Crippen LogP contribution in [0.5, 0.6) is 11.5 Å². The number of methoxy groups -OCH3 is 1. The number of carboxylic acid groups (broad SMARTS) is 2. The highest BCUT2D eigenvalue weighted by Gasteiger charge is 2.29. The molecule has 12 heteroatoms. The van der Waals surface area contributed by atoms with Crippen LogP contribution in [0.3, 0.4) is 0 Å². The molecule has 1 fully saturated rings. The van der Waals surface area contributed by atoms with Crippen LogP contribution < -0.4 is 14.8 Å². The third-order valence-corrected chi connectivity index (χ3v) is 5.95. The largest absolute Gasteiger partial charge is 0.493 e. The number of hydrogen-bond acceptors (Lipinski definition) is 8. The highest BCUT2D eigenvalue weighted by Crippen LogP contribution is 2.28. The summed E-state index contributed by atoms with van der Waals surface area (Å²) in [5.41, 5.74) is 0.895. The summed E-state index contributed by atoms with van der Waals surface area (Å²) in [5.74, 6) is -1.48. The van der Waals surface area contributed by atoms with Crippen molar-refractivity contribution in [2.24, 2.45) is 5.92 Å². The van der Waals surface area contributed by atoms with Gasteiger partial charge in [-0.3, -0.25) is 4.79 Å². The Labute approximate surface area is 220 Å². The van der Waals surface area contributed by atoms with E-state index in [0.29, 0.717) is 30.7 Å². The van der Waals surface area contributed by atoms with E-state index in [2.05, 4.69) is 17.2 Å². The average molecular weight is 534 g/mol. The number of ether oxygens (including phenoxy) is 2. The van der Waals surface area contributed by atoms with Crippen LogP contribution in [-0.4, -0.2) is 79.8 Å². The summed E-state index contributed by atoms with van der Waals surface area (Å²) >= 11 is 0. The topological polar surface area (TPSA) is 180 Å². The molecule has 3 rings (SSSR count). The molecule has 2 atom stereocenters. The Kier molecular flexibility index (Phi) is 12.3. The Morgan fingerprint density at radius 2 is 1.76 bits per heavy atom. The fourth-order valence-electron chi connectivity index (χ4n) is 3.68. The molecular weight excluding hydrogens is 498 g/mol. The van der Waals surface area contributed by atoms with Crippen molar-refractivity contribution in [3.05, 3.63) is 48.6 Å².